The second-order valence-corrected chi connectivity index (χ2v) is 10.3. The van der Waals surface area contributed by atoms with Gasteiger partial charge in [-0.2, -0.15) is 0 Å². The highest BCUT2D eigenvalue weighted by Crippen LogP contribution is 2.51. The summed E-state index contributed by atoms with van der Waals surface area (Å²) < 4.78 is 5.50. The first-order chi connectivity index (χ1) is 14.0. The van der Waals surface area contributed by atoms with E-state index in [-0.39, 0.29) is 5.41 Å². The number of nitrogens with one attached hydrogen (secondary N) is 1. The predicted octanol–water partition coefficient (Wildman–Crippen LogP) is 3.98. The monoisotopic (exact) mass is 432 g/mol. The van der Waals surface area contributed by atoms with E-state index in [0.717, 1.165) is 60.2 Å². The molecule has 2 aromatic rings. The zero-order valence-corrected chi connectivity index (χ0v) is 17.9. The molecule has 3 N–H and O–H groups in total. The summed E-state index contributed by atoms with van der Waals surface area (Å²) >= 11 is 3.31. The second kappa shape index (κ2) is 7.19. The van der Waals surface area contributed by atoms with Crippen molar-refractivity contribution in [3.05, 3.63) is 32.7 Å². The summed E-state index contributed by atoms with van der Waals surface area (Å²) in [5.74, 6) is -0.925. The van der Waals surface area contributed by atoms with Crippen LogP contribution in [0.4, 0.5) is 5.00 Å². The van der Waals surface area contributed by atoms with E-state index in [1.54, 1.807) is 22.7 Å². The molecule has 1 unspecified atom stereocenters. The Kier molecular flexibility index (Phi) is 4.77. The quantitative estimate of drug-likeness (QED) is 0.619. The Morgan fingerprint density at radius 1 is 1.34 bits per heavy atom. The van der Waals surface area contributed by atoms with Crippen LogP contribution in [0, 0.1) is 12.3 Å². The molecule has 1 atom stereocenters. The number of aliphatic hydroxyl groups is 1. The van der Waals surface area contributed by atoms with Gasteiger partial charge in [0.1, 0.15) is 16.2 Å². The number of thiazole rings is 1. The van der Waals surface area contributed by atoms with Crippen LogP contribution >= 0.6 is 22.7 Å². The summed E-state index contributed by atoms with van der Waals surface area (Å²) in [7, 11) is 0. The maximum Gasteiger partial charge on any atom is 0.331 e. The van der Waals surface area contributed by atoms with Gasteiger partial charge in [-0.15, -0.1) is 22.7 Å². The van der Waals surface area contributed by atoms with Crippen LogP contribution < -0.4 is 5.32 Å². The molecular formula is C21H24N2O4S2. The fourth-order valence-electron chi connectivity index (χ4n) is 4.70. The van der Waals surface area contributed by atoms with Gasteiger partial charge in [-0.25, -0.2) is 9.78 Å². The zero-order chi connectivity index (χ0) is 20.2. The number of ether oxygens (including phenoxy) is 1. The van der Waals surface area contributed by atoms with E-state index in [0.29, 0.717) is 24.0 Å². The first kappa shape index (κ1) is 19.2. The number of aromatic nitrogens is 1. The molecule has 3 aliphatic rings. The van der Waals surface area contributed by atoms with Gasteiger partial charge in [0.15, 0.2) is 0 Å². The summed E-state index contributed by atoms with van der Waals surface area (Å²) in [5, 5.41) is 27.5. The maximum absolute atomic E-state index is 11.5. The number of carboxylic acids is 1. The van der Waals surface area contributed by atoms with Crippen molar-refractivity contribution in [3.8, 4) is 10.6 Å². The van der Waals surface area contributed by atoms with Gasteiger partial charge in [0.2, 0.25) is 0 Å². The third-order valence-electron chi connectivity index (χ3n) is 6.30. The Hall–Kier alpha value is -1.74. The van der Waals surface area contributed by atoms with Crippen molar-refractivity contribution in [1.82, 2.24) is 4.98 Å². The third kappa shape index (κ3) is 3.32. The molecule has 2 aromatic heterocycles. The molecule has 2 aliphatic carbocycles. The highest BCUT2D eigenvalue weighted by molar-refractivity contribution is 7.18. The first-order valence-corrected chi connectivity index (χ1v) is 11.7. The van der Waals surface area contributed by atoms with E-state index in [4.69, 9.17) is 9.72 Å². The van der Waals surface area contributed by atoms with Crippen molar-refractivity contribution in [3.63, 3.8) is 0 Å². The number of carbonyl (C=O) groups is 1. The van der Waals surface area contributed by atoms with Gasteiger partial charge in [0.25, 0.3) is 0 Å². The Bertz CT molecular complexity index is 1000. The highest BCUT2D eigenvalue weighted by atomic mass is 32.1. The minimum absolute atomic E-state index is 0.272. The van der Waals surface area contributed by atoms with E-state index >= 15 is 0 Å². The zero-order valence-electron chi connectivity index (χ0n) is 16.3. The Labute approximate surface area is 177 Å². The number of thiophene rings is 1. The van der Waals surface area contributed by atoms with E-state index in [2.05, 4.69) is 5.32 Å². The standard InChI is InChI=1S/C21H24N2O4S2/c1-11-8-28-18(22-11)16-14-5-6-21(9-27-10-21)7-15(14)29-19(16)23-17(24)12-3-2-4-13(12)20(25)26/h8,17,23-24H,2-7,9-10H2,1H3,(H,25,26). The lowest BCUT2D eigenvalue weighted by atomic mass is 9.72. The molecule has 0 amide bonds. The summed E-state index contributed by atoms with van der Waals surface area (Å²) in [6.07, 6.45) is 4.04. The fraction of sp³-hybridized carbons (Fsp3) is 0.524. The van der Waals surface area contributed by atoms with Crippen LogP contribution in [0.25, 0.3) is 10.6 Å². The van der Waals surface area contributed by atoms with Crippen molar-refractivity contribution in [2.24, 2.45) is 5.41 Å². The van der Waals surface area contributed by atoms with Crippen molar-refractivity contribution in [1.29, 1.82) is 0 Å². The summed E-state index contributed by atoms with van der Waals surface area (Å²) in [5.41, 5.74) is 4.64. The predicted molar refractivity (Wildman–Crippen MR) is 114 cm³/mol. The van der Waals surface area contributed by atoms with Gasteiger partial charge in [-0.05, 0) is 56.6 Å². The molecule has 1 fully saturated rings. The average Bonchev–Trinajstić information content (AvgIpc) is 3.37. The average molecular weight is 433 g/mol. The number of anilines is 1. The molecule has 0 aromatic carbocycles. The van der Waals surface area contributed by atoms with Crippen LogP contribution in [0.2, 0.25) is 0 Å². The largest absolute Gasteiger partial charge is 0.478 e. The van der Waals surface area contributed by atoms with Gasteiger partial charge in [-0.3, -0.25) is 0 Å². The maximum atomic E-state index is 11.5. The number of carboxylic acid groups (broad SMARTS) is 1. The Morgan fingerprint density at radius 3 is 2.83 bits per heavy atom. The molecule has 0 radical (unpaired) electrons. The summed E-state index contributed by atoms with van der Waals surface area (Å²) in [4.78, 5) is 17.6. The lowest BCUT2D eigenvalue weighted by molar-refractivity contribution is -0.132. The molecule has 1 saturated heterocycles. The van der Waals surface area contributed by atoms with Gasteiger partial charge >= 0.3 is 5.97 Å². The number of aliphatic hydroxyl groups excluding tert-OH is 1. The molecule has 0 saturated carbocycles. The molecule has 154 valence electrons. The normalized spacial score (nSPS) is 21.2. The number of hydrogen-bond donors (Lipinski definition) is 3. The van der Waals surface area contributed by atoms with Crippen LogP contribution in [0.1, 0.15) is 41.8 Å². The fourth-order valence-corrected chi connectivity index (χ4v) is 7.08. The Balaban J connectivity index is 1.52. The number of aryl methyl sites for hydroxylation is 1. The van der Waals surface area contributed by atoms with E-state index in [1.165, 1.54) is 10.4 Å². The third-order valence-corrected chi connectivity index (χ3v) is 8.44. The number of fused-ring (bicyclic) bond motifs is 1. The molecule has 6 nitrogen and oxygen atoms in total. The molecule has 29 heavy (non-hydrogen) atoms. The number of aliphatic carboxylic acids is 1. The minimum atomic E-state index is -0.982. The summed E-state index contributed by atoms with van der Waals surface area (Å²) in [6, 6.07) is 0. The van der Waals surface area contributed by atoms with Gasteiger partial charge in [-0.1, -0.05) is 0 Å². The van der Waals surface area contributed by atoms with Crippen LogP contribution in [-0.2, 0) is 22.4 Å². The van der Waals surface area contributed by atoms with Crippen LogP contribution in [0.15, 0.2) is 16.5 Å². The molecule has 1 aliphatic heterocycles. The lowest BCUT2D eigenvalue weighted by Gasteiger charge is -2.44. The van der Waals surface area contributed by atoms with Crippen LogP contribution in [-0.4, -0.2) is 40.6 Å². The molecule has 5 rings (SSSR count). The van der Waals surface area contributed by atoms with Crippen molar-refractivity contribution >= 4 is 33.6 Å². The molecule has 1 spiro atoms. The SMILES string of the molecule is Cc1csc(-c2c(NC(O)C3=C(C(=O)O)CCC3)sc3c2CCC2(COC2)C3)n1. The molecule has 8 heteroatoms. The lowest BCUT2D eigenvalue weighted by Crippen LogP contribution is -2.46. The van der Waals surface area contributed by atoms with Crippen LogP contribution in [0.3, 0.4) is 0 Å². The second-order valence-electron chi connectivity index (χ2n) is 8.38. The van der Waals surface area contributed by atoms with E-state index in [1.807, 2.05) is 12.3 Å². The van der Waals surface area contributed by atoms with E-state index in [9.17, 15) is 15.0 Å². The van der Waals surface area contributed by atoms with Gasteiger partial charge in [0, 0.05) is 32.5 Å². The van der Waals surface area contributed by atoms with E-state index < -0.39 is 12.2 Å². The number of rotatable bonds is 5. The number of nitrogens with zero attached hydrogens (tertiary/aromatic N) is 1. The van der Waals surface area contributed by atoms with Gasteiger partial charge in [0.05, 0.1) is 13.2 Å². The van der Waals surface area contributed by atoms with Crippen LogP contribution in [0.5, 0.6) is 0 Å². The molecular weight excluding hydrogens is 408 g/mol. The topological polar surface area (TPSA) is 91.7 Å². The van der Waals surface area contributed by atoms with Crippen molar-refractivity contribution in [2.75, 3.05) is 18.5 Å². The first-order valence-electron chi connectivity index (χ1n) is 10.0. The Morgan fingerprint density at radius 2 is 2.17 bits per heavy atom. The minimum Gasteiger partial charge on any atom is -0.478 e. The smallest absolute Gasteiger partial charge is 0.331 e. The molecule has 0 bridgehead atoms. The number of hydrogen-bond acceptors (Lipinski definition) is 7. The van der Waals surface area contributed by atoms with Crippen molar-refractivity contribution < 1.29 is 19.7 Å². The van der Waals surface area contributed by atoms with Gasteiger partial charge < -0.3 is 20.3 Å². The molecule has 3 heterocycles. The summed E-state index contributed by atoms with van der Waals surface area (Å²) in [6.45, 7) is 3.65. The highest BCUT2D eigenvalue weighted by Gasteiger charge is 2.43. The van der Waals surface area contributed by atoms with Crippen molar-refractivity contribution in [2.45, 2.75) is 51.7 Å².